The first-order chi connectivity index (χ1) is 24.2. The minimum atomic E-state index is -0.807. The predicted octanol–water partition coefficient (Wildman–Crippen LogP) is 8.81. The number of H-pyrrole nitrogens is 1. The largest absolute Gasteiger partial charge is 0.444 e. The van der Waals surface area contributed by atoms with Crippen molar-refractivity contribution in [2.24, 2.45) is 0 Å². The van der Waals surface area contributed by atoms with E-state index >= 15 is 0 Å². The van der Waals surface area contributed by atoms with Crippen LogP contribution >= 0.6 is 15.9 Å². The molecule has 3 aromatic heterocycles. The van der Waals surface area contributed by atoms with E-state index in [9.17, 15) is 4.79 Å². The van der Waals surface area contributed by atoms with Crippen LogP contribution in [0.15, 0.2) is 120 Å². The summed E-state index contributed by atoms with van der Waals surface area (Å²) in [6.07, 6.45) is 4.62. The van der Waals surface area contributed by atoms with Crippen LogP contribution in [0.25, 0.3) is 22.4 Å². The molecule has 9 nitrogen and oxygen atoms in total. The Kier molecular flexibility index (Phi) is 9.38. The number of amides is 1. The van der Waals surface area contributed by atoms with Gasteiger partial charge in [-0.3, -0.25) is 5.10 Å². The van der Waals surface area contributed by atoms with Crippen LogP contribution in [-0.4, -0.2) is 48.9 Å². The minimum absolute atomic E-state index is 0.00230. The molecular weight excluding hydrogens is 690 g/mol. The zero-order chi connectivity index (χ0) is 34.7. The highest BCUT2D eigenvalue weighted by Gasteiger charge is 2.47. The van der Waals surface area contributed by atoms with Gasteiger partial charge in [-0.2, -0.15) is 10.1 Å². The van der Waals surface area contributed by atoms with Crippen molar-refractivity contribution in [1.82, 2.24) is 30.5 Å². The van der Waals surface area contributed by atoms with Crippen molar-refractivity contribution in [3.05, 3.63) is 137 Å². The molecule has 50 heavy (non-hydrogen) atoms. The predicted molar refractivity (Wildman–Crippen MR) is 200 cm³/mol. The van der Waals surface area contributed by atoms with Crippen molar-refractivity contribution >= 4 is 39.0 Å². The van der Waals surface area contributed by atoms with Crippen LogP contribution in [-0.2, 0) is 10.3 Å². The fraction of sp³-hybridized carbons (Fsp3) is 0.275. The highest BCUT2D eigenvalue weighted by atomic mass is 79.9. The second kappa shape index (κ2) is 14.0. The summed E-state index contributed by atoms with van der Waals surface area (Å²) in [5.41, 5.74) is 3.97. The van der Waals surface area contributed by atoms with Gasteiger partial charge in [0.2, 0.25) is 5.95 Å². The van der Waals surface area contributed by atoms with E-state index in [2.05, 4.69) is 114 Å². The third-order valence-corrected chi connectivity index (χ3v) is 9.65. The maximum atomic E-state index is 12.7. The molecule has 3 heterocycles. The molecule has 0 atom stereocenters. The monoisotopic (exact) mass is 729 g/mol. The number of carbonyl (C=O) groups is 1. The van der Waals surface area contributed by atoms with Gasteiger partial charge in [0.1, 0.15) is 15.7 Å². The van der Waals surface area contributed by atoms with Gasteiger partial charge in [-0.15, -0.1) is 0 Å². The number of carbonyl (C=O) groups excluding carboxylic acids is 1. The number of aromatic amines is 1. The smallest absolute Gasteiger partial charge is 0.407 e. The Labute approximate surface area is 300 Å². The Bertz CT molecular complexity index is 1960. The van der Waals surface area contributed by atoms with E-state index in [-0.39, 0.29) is 18.2 Å². The lowest BCUT2D eigenvalue weighted by Gasteiger charge is -2.50. The molecule has 2 N–H and O–H groups in total. The van der Waals surface area contributed by atoms with Crippen LogP contribution in [0.3, 0.4) is 0 Å². The molecule has 10 heteroatoms. The summed E-state index contributed by atoms with van der Waals surface area (Å²) >= 11 is 3.49. The van der Waals surface area contributed by atoms with Crippen molar-refractivity contribution in [1.29, 1.82) is 0 Å². The molecule has 6 aromatic rings. The Balaban J connectivity index is 1.39. The van der Waals surface area contributed by atoms with Gasteiger partial charge in [-0.25, -0.2) is 14.8 Å². The van der Waals surface area contributed by atoms with Gasteiger partial charge in [0.15, 0.2) is 5.65 Å². The second-order valence-electron chi connectivity index (χ2n) is 13.7. The number of ether oxygens (including phenoxy) is 1. The van der Waals surface area contributed by atoms with Gasteiger partial charge in [0.25, 0.3) is 0 Å². The maximum Gasteiger partial charge on any atom is 0.407 e. The molecular formula is C40H40BrN7O2. The van der Waals surface area contributed by atoms with E-state index in [1.54, 1.807) is 0 Å². The molecule has 0 aliphatic heterocycles. The zero-order valence-electron chi connectivity index (χ0n) is 28.4. The van der Waals surface area contributed by atoms with Crippen molar-refractivity contribution in [2.45, 2.75) is 69.7 Å². The Morgan fingerprint density at radius 2 is 1.38 bits per heavy atom. The molecule has 1 aliphatic carbocycles. The van der Waals surface area contributed by atoms with E-state index in [1.807, 2.05) is 63.4 Å². The van der Waals surface area contributed by atoms with Crippen molar-refractivity contribution in [3.63, 3.8) is 0 Å². The Morgan fingerprint density at radius 1 is 0.800 bits per heavy atom. The molecule has 1 fully saturated rings. The number of rotatable bonds is 8. The number of nitrogens with one attached hydrogen (secondary N) is 2. The molecule has 0 spiro atoms. The number of benzene rings is 3. The average Bonchev–Trinajstić information content (AvgIpc) is 3.55. The van der Waals surface area contributed by atoms with Crippen LogP contribution in [0.1, 0.15) is 63.1 Å². The van der Waals surface area contributed by atoms with Crippen LogP contribution in [0.2, 0.25) is 0 Å². The van der Waals surface area contributed by atoms with E-state index < -0.39 is 11.1 Å². The molecule has 0 unspecified atom stereocenters. The molecule has 7 rings (SSSR count). The Hall–Kier alpha value is -5.09. The average molecular weight is 731 g/mol. The highest BCUT2D eigenvalue weighted by molar-refractivity contribution is 9.10. The first-order valence-electron chi connectivity index (χ1n) is 17.0. The molecule has 0 saturated heterocycles. The number of alkyl carbamates (subject to hydrolysis) is 1. The van der Waals surface area contributed by atoms with Gasteiger partial charge < -0.3 is 15.0 Å². The number of hydrogen-bond donors (Lipinski definition) is 2. The molecule has 0 radical (unpaired) electrons. The molecule has 0 bridgehead atoms. The van der Waals surface area contributed by atoms with Crippen molar-refractivity contribution in [2.75, 3.05) is 4.90 Å². The first-order valence-corrected chi connectivity index (χ1v) is 17.8. The van der Waals surface area contributed by atoms with E-state index in [0.717, 1.165) is 63.8 Å². The molecule has 1 saturated carbocycles. The summed E-state index contributed by atoms with van der Waals surface area (Å²) in [5.74, 6) is 0.567. The number of hydrogen-bond acceptors (Lipinski definition) is 7. The summed E-state index contributed by atoms with van der Waals surface area (Å²) in [7, 11) is 0. The summed E-state index contributed by atoms with van der Waals surface area (Å²) < 4.78 is 6.33. The number of aromatic nitrogens is 5. The summed E-state index contributed by atoms with van der Waals surface area (Å²) in [6, 6.07) is 37.6. The lowest BCUT2D eigenvalue weighted by Crippen LogP contribution is -2.56. The number of pyridine rings is 1. The second-order valence-corrected chi connectivity index (χ2v) is 14.5. The number of anilines is 1. The fourth-order valence-electron chi connectivity index (χ4n) is 7.15. The molecule has 254 valence electrons. The maximum absolute atomic E-state index is 12.7. The van der Waals surface area contributed by atoms with E-state index in [0.29, 0.717) is 11.6 Å². The first kappa shape index (κ1) is 33.4. The standard InChI is InChI=1S/C40H40BrN7O2/c1-39(2,3)50-38(49)43-30-22-24-31(25-23-30)48(37-42-26-32-35(46-47-36(32)45-37)33-20-13-21-34(41)44-33)40(27-14-7-4-8-15-27,28-16-9-5-10-17-28)29-18-11-6-12-19-29/h4-21,26,30-31H,22-25H2,1-3H3,(H,43,49)(H,42,45,46,47). The van der Waals surface area contributed by atoms with Crippen LogP contribution in [0, 0.1) is 0 Å². The van der Waals surface area contributed by atoms with Gasteiger partial charge in [-0.1, -0.05) is 97.1 Å². The quantitative estimate of drug-likeness (QED) is 0.119. The van der Waals surface area contributed by atoms with Crippen molar-refractivity contribution < 1.29 is 9.53 Å². The fourth-order valence-corrected chi connectivity index (χ4v) is 7.49. The van der Waals surface area contributed by atoms with Crippen LogP contribution in [0.4, 0.5) is 10.7 Å². The SMILES string of the molecule is CC(C)(C)OC(=O)NC1CCC(N(c2ncc3c(-c4cccc(Br)n4)[nH]nc3n2)C(c2ccccc2)(c2ccccc2)c2ccccc2)CC1. The number of halogens is 1. The molecule has 3 aromatic carbocycles. The molecule has 1 amide bonds. The summed E-state index contributed by atoms with van der Waals surface area (Å²) in [4.78, 5) is 30.1. The summed E-state index contributed by atoms with van der Waals surface area (Å²) in [5, 5.41) is 11.7. The van der Waals surface area contributed by atoms with E-state index in [4.69, 9.17) is 14.7 Å². The highest BCUT2D eigenvalue weighted by Crippen LogP contribution is 2.47. The number of nitrogens with zero attached hydrogens (tertiary/aromatic N) is 5. The van der Waals surface area contributed by atoms with Gasteiger partial charge in [0, 0.05) is 18.3 Å². The van der Waals surface area contributed by atoms with Crippen molar-refractivity contribution in [3.8, 4) is 11.4 Å². The van der Waals surface area contributed by atoms with Gasteiger partial charge in [0.05, 0.1) is 16.8 Å². The van der Waals surface area contributed by atoms with Gasteiger partial charge >= 0.3 is 6.09 Å². The molecule has 1 aliphatic rings. The van der Waals surface area contributed by atoms with Crippen LogP contribution in [0.5, 0.6) is 0 Å². The lowest BCUT2D eigenvalue weighted by atomic mass is 9.73. The van der Waals surface area contributed by atoms with Crippen LogP contribution < -0.4 is 10.2 Å². The van der Waals surface area contributed by atoms with E-state index in [1.165, 1.54) is 0 Å². The topological polar surface area (TPSA) is 109 Å². The third-order valence-electron chi connectivity index (χ3n) is 9.20. The minimum Gasteiger partial charge on any atom is -0.444 e. The number of fused-ring (bicyclic) bond motifs is 1. The normalized spacial score (nSPS) is 16.6. The lowest BCUT2D eigenvalue weighted by molar-refractivity contribution is 0.0490. The Morgan fingerprint density at radius 3 is 1.92 bits per heavy atom. The summed E-state index contributed by atoms with van der Waals surface area (Å²) in [6.45, 7) is 5.64. The third kappa shape index (κ3) is 6.72. The zero-order valence-corrected chi connectivity index (χ0v) is 30.0. The van der Waals surface area contributed by atoms with Gasteiger partial charge in [-0.05, 0) is 91.2 Å².